The average Bonchev–Trinajstić information content (AvgIpc) is 2.44. The van der Waals surface area contributed by atoms with Gasteiger partial charge in [0.25, 0.3) is 0 Å². The molecule has 28 heavy (non-hydrogen) atoms. The van der Waals surface area contributed by atoms with Crippen molar-refractivity contribution in [1.82, 2.24) is 0 Å². The lowest BCUT2D eigenvalue weighted by atomic mass is 10.1. The monoisotopic (exact) mass is 456 g/mol. The third-order valence-corrected chi connectivity index (χ3v) is 5.72. The van der Waals surface area contributed by atoms with Crippen molar-refractivity contribution in [2.45, 2.75) is 17.1 Å². The van der Waals surface area contributed by atoms with E-state index < -0.39 is 31.1 Å². The molecule has 1 aromatic carbocycles. The van der Waals surface area contributed by atoms with Gasteiger partial charge in [0.2, 0.25) is 0 Å². The van der Waals surface area contributed by atoms with Crippen LogP contribution in [0.5, 0.6) is 0 Å². The van der Waals surface area contributed by atoms with Crippen LogP contribution in [0.2, 0.25) is 0 Å². The van der Waals surface area contributed by atoms with E-state index in [-0.39, 0.29) is 0 Å². The summed E-state index contributed by atoms with van der Waals surface area (Å²) in [6, 6.07) is 10.9. The zero-order valence-electron chi connectivity index (χ0n) is 14.9. The van der Waals surface area contributed by atoms with Gasteiger partial charge in [0, 0.05) is 5.56 Å². The normalized spacial score (nSPS) is 14.6. The fourth-order valence-corrected chi connectivity index (χ4v) is 3.47. The molecule has 0 fully saturated rings. The molecule has 162 valence electrons. The molecule has 1 rings (SSSR count). The number of alkyl halides is 6. The van der Waals surface area contributed by atoms with Gasteiger partial charge in [0.15, 0.2) is 20.0 Å². The van der Waals surface area contributed by atoms with E-state index in [1.807, 2.05) is 12.1 Å². The molecule has 0 aliphatic rings. The fraction of sp³-hybridized carbons (Fsp3) is 0.429. The molecule has 0 N–H and O–H groups in total. The minimum Gasteiger partial charge on any atom is -0.421 e. The quantitative estimate of drug-likeness (QED) is 0.385. The molecule has 0 radical (unpaired) electrons. The molecule has 1 aromatic rings. The van der Waals surface area contributed by atoms with Crippen molar-refractivity contribution < 1.29 is 47.7 Å². The van der Waals surface area contributed by atoms with E-state index in [0.29, 0.717) is 6.04 Å². The maximum absolute atomic E-state index is 11.4. The van der Waals surface area contributed by atoms with Gasteiger partial charge in [-0.3, -0.25) is 0 Å². The van der Waals surface area contributed by atoms with Crippen molar-refractivity contribution in [2.24, 2.45) is 0 Å². The zero-order valence-corrected chi connectivity index (χ0v) is 16.5. The largest absolute Gasteiger partial charge is 0.480 e. The number of likely N-dealkylation sites (N-methyl/N-ethyl adjacent to an activating group) is 1. The second-order valence-electron chi connectivity index (χ2n) is 6.12. The van der Waals surface area contributed by atoms with E-state index in [4.69, 9.17) is 0 Å². The summed E-state index contributed by atoms with van der Waals surface area (Å²) in [5.41, 5.74) is -11.1. The minimum absolute atomic E-state index is 0.376. The molecule has 0 aliphatic heterocycles. The van der Waals surface area contributed by atoms with Gasteiger partial charge in [0.1, 0.15) is 6.04 Å². The lowest BCUT2D eigenvalue weighted by Crippen LogP contribution is -2.37. The maximum atomic E-state index is 11.4. The summed E-state index contributed by atoms with van der Waals surface area (Å²) in [4.78, 5) is 0. The number of benzene rings is 1. The van der Waals surface area contributed by atoms with E-state index in [1.165, 1.54) is 5.56 Å². The molecule has 14 heteroatoms. The molecule has 6 nitrogen and oxygen atoms in total. The number of hydrogen-bond acceptors (Lipinski definition) is 4. The molecule has 0 amide bonds. The summed E-state index contributed by atoms with van der Waals surface area (Å²) in [5, 5.41) is 0. The van der Waals surface area contributed by atoms with Crippen molar-refractivity contribution in [2.75, 3.05) is 21.1 Å². The van der Waals surface area contributed by atoms with Crippen LogP contribution in [0.4, 0.5) is 26.3 Å². The first-order valence-corrected chi connectivity index (χ1v) is 9.99. The zero-order chi connectivity index (χ0) is 22.6. The molecule has 1 unspecified atom stereocenters. The maximum Gasteiger partial charge on any atom is 0.480 e. The molecule has 0 saturated heterocycles. The first kappa shape index (κ1) is 26.4. The van der Waals surface area contributed by atoms with Crippen LogP contribution in [0.1, 0.15) is 11.6 Å². The molecular formula is C14H18F6N2O4S2. The van der Waals surface area contributed by atoms with Gasteiger partial charge in [-0.1, -0.05) is 36.9 Å². The van der Waals surface area contributed by atoms with E-state index in [1.54, 1.807) is 0 Å². The lowest BCUT2D eigenvalue weighted by molar-refractivity contribution is -0.895. The third kappa shape index (κ3) is 7.41. The van der Waals surface area contributed by atoms with Crippen molar-refractivity contribution in [3.8, 4) is 0 Å². The Bertz CT molecular complexity index is 816. The SMILES string of the molecule is C=CC(c1ccccc1)[N+](C)(C)C.O=S(=O)([N-]S(=O)(=O)C(F)(F)F)C(F)(F)F. The number of quaternary nitrogens is 1. The summed E-state index contributed by atoms with van der Waals surface area (Å²) >= 11 is 0. The summed E-state index contributed by atoms with van der Waals surface area (Å²) in [5.74, 6) is 0. The highest BCUT2D eigenvalue weighted by Crippen LogP contribution is 2.36. The molecular weight excluding hydrogens is 438 g/mol. The second-order valence-corrected chi connectivity index (χ2v) is 9.55. The number of sulfonamides is 2. The van der Waals surface area contributed by atoms with Crippen LogP contribution in [-0.2, 0) is 20.0 Å². The molecule has 0 aliphatic carbocycles. The first-order chi connectivity index (χ1) is 12.3. The Morgan fingerprint density at radius 3 is 1.50 bits per heavy atom. The van der Waals surface area contributed by atoms with Crippen molar-refractivity contribution in [1.29, 1.82) is 0 Å². The van der Waals surface area contributed by atoms with Gasteiger partial charge in [0.05, 0.1) is 21.1 Å². The first-order valence-electron chi connectivity index (χ1n) is 7.11. The van der Waals surface area contributed by atoms with Crippen molar-refractivity contribution >= 4 is 20.0 Å². The molecule has 0 heterocycles. The van der Waals surface area contributed by atoms with Gasteiger partial charge < -0.3 is 8.61 Å². The van der Waals surface area contributed by atoms with Gasteiger partial charge >= 0.3 is 11.0 Å². The Kier molecular flexibility index (Phi) is 8.28. The lowest BCUT2D eigenvalue weighted by Gasteiger charge is -2.32. The van der Waals surface area contributed by atoms with Gasteiger partial charge in [-0.25, -0.2) is 16.8 Å². The molecule has 0 saturated carbocycles. The highest BCUT2D eigenvalue weighted by atomic mass is 32.3. The Hall–Kier alpha value is -1.64. The van der Waals surface area contributed by atoms with Crippen LogP contribution in [-0.4, -0.2) is 53.5 Å². The van der Waals surface area contributed by atoms with Crippen LogP contribution in [0.3, 0.4) is 0 Å². The van der Waals surface area contributed by atoms with Crippen LogP contribution in [0.15, 0.2) is 43.0 Å². The van der Waals surface area contributed by atoms with E-state index >= 15 is 0 Å². The number of nitrogens with zero attached hydrogens (tertiary/aromatic N) is 2. The third-order valence-electron chi connectivity index (χ3n) is 2.98. The fourth-order valence-electron chi connectivity index (χ4n) is 1.76. The van der Waals surface area contributed by atoms with Crippen LogP contribution >= 0.6 is 0 Å². The Morgan fingerprint density at radius 2 is 1.25 bits per heavy atom. The topological polar surface area (TPSA) is 82.4 Å². The molecule has 0 spiro atoms. The Balaban J connectivity index is 0.000000525. The molecule has 0 bridgehead atoms. The van der Waals surface area contributed by atoms with Crippen molar-refractivity contribution in [3.05, 3.63) is 52.7 Å². The van der Waals surface area contributed by atoms with Crippen LogP contribution in [0.25, 0.3) is 4.13 Å². The summed E-state index contributed by atoms with van der Waals surface area (Å²) in [7, 11) is -6.90. The van der Waals surface area contributed by atoms with Gasteiger partial charge in [-0.15, -0.1) is 0 Å². The predicted molar refractivity (Wildman–Crippen MR) is 90.7 cm³/mol. The van der Waals surface area contributed by atoms with E-state index in [9.17, 15) is 43.2 Å². The standard InChI is InChI=1S/C12H18N.C2F6NO4S2/c1-5-12(13(2,3)4)11-9-7-6-8-10-11;3-1(4,5)14(10,11)9-15(12,13)2(6,7)8/h5-10,12H,1H2,2-4H3;/q+1;-1. The van der Waals surface area contributed by atoms with Gasteiger partial charge in [-0.2, -0.15) is 26.3 Å². The Morgan fingerprint density at radius 1 is 0.893 bits per heavy atom. The van der Waals surface area contributed by atoms with Crippen LogP contribution < -0.4 is 0 Å². The second kappa shape index (κ2) is 8.80. The number of hydrogen-bond donors (Lipinski definition) is 0. The number of halogens is 6. The van der Waals surface area contributed by atoms with Crippen LogP contribution in [0, 0.1) is 0 Å². The molecule has 1 atom stereocenters. The summed E-state index contributed by atoms with van der Waals surface area (Å²) < 4.78 is 110. The summed E-state index contributed by atoms with van der Waals surface area (Å²) in [6.07, 6.45) is 2.01. The highest BCUT2D eigenvalue weighted by Gasteiger charge is 2.46. The average molecular weight is 456 g/mol. The number of rotatable bonds is 5. The minimum atomic E-state index is -6.72. The Labute approximate surface area is 159 Å². The van der Waals surface area contributed by atoms with E-state index in [0.717, 1.165) is 8.61 Å². The smallest absolute Gasteiger partial charge is 0.421 e. The highest BCUT2D eigenvalue weighted by molar-refractivity contribution is 8.13. The summed E-state index contributed by atoms with van der Waals surface area (Å²) in [6.45, 7) is 3.89. The van der Waals surface area contributed by atoms with E-state index in [2.05, 4.69) is 52.0 Å². The molecule has 0 aromatic heterocycles. The van der Waals surface area contributed by atoms with Crippen molar-refractivity contribution in [3.63, 3.8) is 0 Å². The van der Waals surface area contributed by atoms with Gasteiger partial charge in [-0.05, 0) is 6.08 Å². The predicted octanol–water partition coefficient (Wildman–Crippen LogP) is 3.68.